The standard InChI is InChI=1S/C11H22N2O3/c1-4-7-12-10(16)13-8-11(5-2,6-3)9(14)15/h4-8H2,1-3H3,(H,14,15)(H2,12,13,16). The zero-order valence-corrected chi connectivity index (χ0v) is 10.3. The van der Waals surface area contributed by atoms with Crippen LogP contribution in [0.3, 0.4) is 0 Å². The number of carboxylic acid groups (broad SMARTS) is 1. The van der Waals surface area contributed by atoms with E-state index >= 15 is 0 Å². The molecule has 0 unspecified atom stereocenters. The minimum absolute atomic E-state index is 0.172. The third kappa shape index (κ3) is 4.08. The average Bonchev–Trinajstić information content (AvgIpc) is 2.28. The molecule has 0 saturated carbocycles. The topological polar surface area (TPSA) is 78.4 Å². The molecular formula is C11H22N2O3. The second-order valence-corrected chi connectivity index (χ2v) is 3.90. The second kappa shape index (κ2) is 7.09. The Labute approximate surface area is 96.6 Å². The van der Waals surface area contributed by atoms with Crippen LogP contribution in [0.15, 0.2) is 0 Å². The van der Waals surface area contributed by atoms with Crippen LogP contribution in [0.4, 0.5) is 4.79 Å². The first-order chi connectivity index (χ1) is 7.52. The van der Waals surface area contributed by atoms with E-state index in [1.54, 1.807) is 0 Å². The molecule has 0 aliphatic heterocycles. The number of rotatable bonds is 7. The lowest BCUT2D eigenvalue weighted by Crippen LogP contribution is -2.45. The number of carbonyl (C=O) groups excluding carboxylic acids is 1. The summed E-state index contributed by atoms with van der Waals surface area (Å²) in [6.45, 7) is 6.38. The van der Waals surface area contributed by atoms with Crippen molar-refractivity contribution in [2.45, 2.75) is 40.0 Å². The smallest absolute Gasteiger partial charge is 0.314 e. The van der Waals surface area contributed by atoms with Crippen molar-refractivity contribution >= 4 is 12.0 Å². The number of urea groups is 1. The zero-order valence-electron chi connectivity index (χ0n) is 10.3. The predicted octanol–water partition coefficient (Wildman–Crippen LogP) is 1.59. The Morgan fingerprint density at radius 1 is 1.12 bits per heavy atom. The molecular weight excluding hydrogens is 208 g/mol. The van der Waals surface area contributed by atoms with Crippen molar-refractivity contribution in [3.8, 4) is 0 Å². The van der Waals surface area contributed by atoms with Crippen LogP contribution >= 0.6 is 0 Å². The Kier molecular flexibility index (Phi) is 6.53. The predicted molar refractivity (Wildman–Crippen MR) is 62.3 cm³/mol. The molecule has 0 aromatic carbocycles. The first-order valence-electron chi connectivity index (χ1n) is 5.77. The number of carboxylic acids is 1. The molecule has 5 nitrogen and oxygen atoms in total. The lowest BCUT2D eigenvalue weighted by atomic mass is 9.82. The molecule has 0 atom stereocenters. The summed E-state index contributed by atoms with van der Waals surface area (Å²) >= 11 is 0. The number of hydrogen-bond donors (Lipinski definition) is 3. The van der Waals surface area contributed by atoms with Gasteiger partial charge in [0.1, 0.15) is 0 Å². The summed E-state index contributed by atoms with van der Waals surface area (Å²) in [5, 5.41) is 14.4. The van der Waals surface area contributed by atoms with Gasteiger partial charge in [0.05, 0.1) is 5.41 Å². The highest BCUT2D eigenvalue weighted by Crippen LogP contribution is 2.25. The minimum Gasteiger partial charge on any atom is -0.481 e. The van der Waals surface area contributed by atoms with Crippen LogP contribution in [0.2, 0.25) is 0 Å². The molecule has 0 fully saturated rings. The third-order valence-corrected chi connectivity index (χ3v) is 2.93. The Morgan fingerprint density at radius 2 is 1.69 bits per heavy atom. The molecule has 2 amide bonds. The summed E-state index contributed by atoms with van der Waals surface area (Å²) < 4.78 is 0. The molecule has 0 rings (SSSR count). The molecule has 5 heteroatoms. The van der Waals surface area contributed by atoms with E-state index in [1.165, 1.54) is 0 Å². The molecule has 0 aromatic rings. The van der Waals surface area contributed by atoms with Gasteiger partial charge in [-0.3, -0.25) is 4.79 Å². The van der Waals surface area contributed by atoms with Crippen molar-refractivity contribution in [2.24, 2.45) is 5.41 Å². The maximum Gasteiger partial charge on any atom is 0.314 e. The van der Waals surface area contributed by atoms with Crippen LogP contribution < -0.4 is 10.6 Å². The van der Waals surface area contributed by atoms with E-state index in [0.29, 0.717) is 19.4 Å². The van der Waals surface area contributed by atoms with E-state index in [1.807, 2.05) is 20.8 Å². The van der Waals surface area contributed by atoms with Crippen molar-refractivity contribution < 1.29 is 14.7 Å². The van der Waals surface area contributed by atoms with Crippen molar-refractivity contribution in [1.29, 1.82) is 0 Å². The number of carbonyl (C=O) groups is 2. The molecule has 0 bridgehead atoms. The summed E-state index contributed by atoms with van der Waals surface area (Å²) in [5.41, 5.74) is -0.844. The summed E-state index contributed by atoms with van der Waals surface area (Å²) in [6.07, 6.45) is 1.87. The maximum absolute atomic E-state index is 11.3. The van der Waals surface area contributed by atoms with Gasteiger partial charge in [0, 0.05) is 13.1 Å². The quantitative estimate of drug-likeness (QED) is 0.621. The Hall–Kier alpha value is -1.26. The molecule has 16 heavy (non-hydrogen) atoms. The average molecular weight is 230 g/mol. The van der Waals surface area contributed by atoms with Crippen LogP contribution in [-0.2, 0) is 4.79 Å². The van der Waals surface area contributed by atoms with E-state index in [4.69, 9.17) is 5.11 Å². The summed E-state index contributed by atoms with van der Waals surface area (Å²) in [4.78, 5) is 22.4. The fraction of sp³-hybridized carbons (Fsp3) is 0.818. The highest BCUT2D eigenvalue weighted by molar-refractivity contribution is 5.78. The van der Waals surface area contributed by atoms with Gasteiger partial charge in [0.2, 0.25) is 0 Å². The normalized spacial score (nSPS) is 10.9. The Morgan fingerprint density at radius 3 is 2.06 bits per heavy atom. The van der Waals surface area contributed by atoms with E-state index < -0.39 is 11.4 Å². The fourth-order valence-electron chi connectivity index (χ4n) is 1.43. The Bertz CT molecular complexity index is 237. The van der Waals surface area contributed by atoms with Crippen molar-refractivity contribution in [2.75, 3.05) is 13.1 Å². The first kappa shape index (κ1) is 14.7. The lowest BCUT2D eigenvalue weighted by molar-refractivity contribution is -0.149. The van der Waals surface area contributed by atoms with Crippen molar-refractivity contribution in [1.82, 2.24) is 10.6 Å². The van der Waals surface area contributed by atoms with Crippen LogP contribution in [-0.4, -0.2) is 30.2 Å². The van der Waals surface area contributed by atoms with E-state index in [2.05, 4.69) is 10.6 Å². The van der Waals surface area contributed by atoms with Crippen LogP contribution in [0, 0.1) is 5.41 Å². The molecule has 0 radical (unpaired) electrons. The number of hydrogen-bond acceptors (Lipinski definition) is 2. The van der Waals surface area contributed by atoms with Gasteiger partial charge < -0.3 is 15.7 Å². The van der Waals surface area contributed by atoms with Crippen molar-refractivity contribution in [3.05, 3.63) is 0 Å². The molecule has 0 saturated heterocycles. The molecule has 0 aromatic heterocycles. The van der Waals surface area contributed by atoms with Crippen LogP contribution in [0.1, 0.15) is 40.0 Å². The highest BCUT2D eigenvalue weighted by atomic mass is 16.4. The Balaban J connectivity index is 4.22. The van der Waals surface area contributed by atoms with Gasteiger partial charge in [0.15, 0.2) is 0 Å². The number of amides is 2. The number of nitrogens with one attached hydrogen (secondary N) is 2. The third-order valence-electron chi connectivity index (χ3n) is 2.93. The molecule has 3 N–H and O–H groups in total. The van der Waals surface area contributed by atoms with Gasteiger partial charge in [-0.25, -0.2) is 4.79 Å². The number of aliphatic carboxylic acids is 1. The maximum atomic E-state index is 11.3. The van der Waals surface area contributed by atoms with E-state index in [-0.39, 0.29) is 12.6 Å². The highest BCUT2D eigenvalue weighted by Gasteiger charge is 2.34. The molecule has 0 spiro atoms. The molecule has 0 heterocycles. The molecule has 0 aliphatic rings. The van der Waals surface area contributed by atoms with Gasteiger partial charge in [-0.2, -0.15) is 0 Å². The van der Waals surface area contributed by atoms with Gasteiger partial charge in [-0.15, -0.1) is 0 Å². The largest absolute Gasteiger partial charge is 0.481 e. The van der Waals surface area contributed by atoms with E-state index in [9.17, 15) is 9.59 Å². The second-order valence-electron chi connectivity index (χ2n) is 3.90. The zero-order chi connectivity index (χ0) is 12.6. The van der Waals surface area contributed by atoms with Gasteiger partial charge >= 0.3 is 12.0 Å². The van der Waals surface area contributed by atoms with E-state index in [0.717, 1.165) is 6.42 Å². The SMILES string of the molecule is CCCNC(=O)NCC(CC)(CC)C(=O)O. The van der Waals surface area contributed by atoms with Crippen LogP contribution in [0.25, 0.3) is 0 Å². The first-order valence-corrected chi connectivity index (χ1v) is 5.77. The molecule has 0 aliphatic carbocycles. The van der Waals surface area contributed by atoms with Gasteiger partial charge in [-0.05, 0) is 19.3 Å². The summed E-state index contributed by atoms with van der Waals surface area (Å²) in [5.74, 6) is -0.853. The van der Waals surface area contributed by atoms with Gasteiger partial charge in [-0.1, -0.05) is 20.8 Å². The minimum atomic E-state index is -0.853. The molecule has 94 valence electrons. The summed E-state index contributed by atoms with van der Waals surface area (Å²) in [7, 11) is 0. The van der Waals surface area contributed by atoms with Crippen molar-refractivity contribution in [3.63, 3.8) is 0 Å². The fourth-order valence-corrected chi connectivity index (χ4v) is 1.43. The lowest BCUT2D eigenvalue weighted by Gasteiger charge is -2.26. The monoisotopic (exact) mass is 230 g/mol. The van der Waals surface area contributed by atoms with Crippen LogP contribution in [0.5, 0.6) is 0 Å². The van der Waals surface area contributed by atoms with Gasteiger partial charge in [0.25, 0.3) is 0 Å². The summed E-state index contributed by atoms with van der Waals surface area (Å²) in [6, 6.07) is -0.297.